The minimum absolute atomic E-state index is 0. The summed E-state index contributed by atoms with van der Waals surface area (Å²) in [5.41, 5.74) is 0.701. The highest BCUT2D eigenvalue weighted by molar-refractivity contribution is 14.0. The van der Waals surface area contributed by atoms with Gasteiger partial charge in [0.15, 0.2) is 5.96 Å². The normalized spacial score (nSPS) is 20.4. The van der Waals surface area contributed by atoms with Gasteiger partial charge in [-0.2, -0.15) is 11.8 Å². The SMILES string of the molecule is CCNC(=NCc1ccccc1S(=O)(=O)N(C)C)NC1CCC(SC)C1.I. The molecular weight excluding hydrogens is 495 g/mol. The lowest BCUT2D eigenvalue weighted by molar-refractivity contribution is 0.519. The highest BCUT2D eigenvalue weighted by atomic mass is 127. The number of benzene rings is 1. The van der Waals surface area contributed by atoms with Crippen molar-refractivity contribution in [1.82, 2.24) is 14.9 Å². The maximum absolute atomic E-state index is 12.5. The first-order valence-electron chi connectivity index (χ1n) is 8.96. The van der Waals surface area contributed by atoms with Crippen LogP contribution in [0.25, 0.3) is 0 Å². The van der Waals surface area contributed by atoms with Crippen molar-refractivity contribution in [3.05, 3.63) is 29.8 Å². The van der Waals surface area contributed by atoms with Gasteiger partial charge >= 0.3 is 0 Å². The first-order chi connectivity index (χ1) is 12.4. The highest BCUT2D eigenvalue weighted by Gasteiger charge is 2.25. The Labute approximate surface area is 185 Å². The zero-order valence-corrected chi connectivity index (χ0v) is 20.4. The summed E-state index contributed by atoms with van der Waals surface area (Å²) in [6, 6.07) is 7.48. The molecule has 1 saturated carbocycles. The number of hydrogen-bond donors (Lipinski definition) is 2. The van der Waals surface area contributed by atoms with Gasteiger partial charge in [0.1, 0.15) is 0 Å². The fourth-order valence-corrected chi connectivity index (χ4v) is 4.95. The Morgan fingerprint density at radius 2 is 2.00 bits per heavy atom. The quantitative estimate of drug-likeness (QED) is 0.325. The number of halogens is 1. The van der Waals surface area contributed by atoms with Crippen LogP contribution in [0.1, 0.15) is 31.7 Å². The molecule has 154 valence electrons. The molecule has 0 bridgehead atoms. The Hall–Kier alpha value is -0.520. The second-order valence-electron chi connectivity index (χ2n) is 6.60. The monoisotopic (exact) mass is 526 g/mol. The molecule has 1 aromatic carbocycles. The summed E-state index contributed by atoms with van der Waals surface area (Å²) in [7, 11) is -0.390. The van der Waals surface area contributed by atoms with Crippen LogP contribution in [0.15, 0.2) is 34.2 Å². The molecule has 1 aliphatic carbocycles. The van der Waals surface area contributed by atoms with Crippen LogP contribution in [-0.2, 0) is 16.6 Å². The fraction of sp³-hybridized carbons (Fsp3) is 0.611. The molecule has 1 aliphatic rings. The van der Waals surface area contributed by atoms with E-state index in [9.17, 15) is 8.42 Å². The van der Waals surface area contributed by atoms with Crippen LogP contribution >= 0.6 is 35.7 Å². The lowest BCUT2D eigenvalue weighted by Gasteiger charge is -2.18. The molecule has 0 spiro atoms. The number of thioether (sulfide) groups is 1. The van der Waals surface area contributed by atoms with E-state index in [0.717, 1.165) is 25.3 Å². The average molecular weight is 527 g/mol. The number of hydrogen-bond acceptors (Lipinski definition) is 4. The predicted molar refractivity (Wildman–Crippen MR) is 126 cm³/mol. The zero-order chi connectivity index (χ0) is 19.2. The molecule has 0 aromatic heterocycles. The average Bonchev–Trinajstić information content (AvgIpc) is 3.07. The maximum Gasteiger partial charge on any atom is 0.242 e. The maximum atomic E-state index is 12.5. The van der Waals surface area contributed by atoms with E-state index in [1.165, 1.54) is 10.7 Å². The van der Waals surface area contributed by atoms with Gasteiger partial charge in [0.25, 0.3) is 0 Å². The molecule has 0 aliphatic heterocycles. The smallest absolute Gasteiger partial charge is 0.242 e. The third kappa shape index (κ3) is 6.79. The largest absolute Gasteiger partial charge is 0.357 e. The summed E-state index contributed by atoms with van der Waals surface area (Å²) in [4.78, 5) is 4.95. The molecule has 0 amide bonds. The molecule has 1 aromatic rings. The standard InChI is InChI=1S/C18H30N4O2S2.HI/c1-5-19-18(21-15-10-11-16(12-15)25-4)20-13-14-8-6-7-9-17(14)26(23,24)22(2)3;/h6-9,15-16H,5,10-13H2,1-4H3,(H2,19,20,21);1H. The Balaban J connectivity index is 0.00000364. The number of aliphatic imine (C=N–C) groups is 1. The molecule has 27 heavy (non-hydrogen) atoms. The van der Waals surface area contributed by atoms with Gasteiger partial charge in [0.05, 0.1) is 11.4 Å². The second-order valence-corrected chi connectivity index (χ2v) is 9.86. The van der Waals surface area contributed by atoms with E-state index in [2.05, 4.69) is 21.9 Å². The number of guanidine groups is 1. The molecular formula is C18H31IN4O2S2. The third-order valence-electron chi connectivity index (χ3n) is 4.54. The van der Waals surface area contributed by atoms with Gasteiger partial charge in [0, 0.05) is 31.9 Å². The number of rotatable bonds is 7. The van der Waals surface area contributed by atoms with E-state index in [-0.39, 0.29) is 24.0 Å². The summed E-state index contributed by atoms with van der Waals surface area (Å²) < 4.78 is 26.3. The van der Waals surface area contributed by atoms with Crippen LogP contribution < -0.4 is 10.6 Å². The van der Waals surface area contributed by atoms with Gasteiger partial charge in [-0.3, -0.25) is 0 Å². The van der Waals surface area contributed by atoms with E-state index in [4.69, 9.17) is 0 Å². The van der Waals surface area contributed by atoms with Gasteiger partial charge in [-0.05, 0) is 44.1 Å². The predicted octanol–water partition coefficient (Wildman–Crippen LogP) is 2.89. The van der Waals surface area contributed by atoms with Crippen LogP contribution in [-0.4, -0.2) is 56.9 Å². The van der Waals surface area contributed by atoms with Crippen molar-refractivity contribution < 1.29 is 8.42 Å². The Kier molecular flexibility index (Phi) is 10.4. The van der Waals surface area contributed by atoms with Gasteiger partial charge < -0.3 is 10.6 Å². The molecule has 2 atom stereocenters. The molecule has 2 unspecified atom stereocenters. The molecule has 9 heteroatoms. The Bertz CT molecular complexity index is 726. The van der Waals surface area contributed by atoms with Crippen molar-refractivity contribution in [2.45, 2.75) is 48.9 Å². The van der Waals surface area contributed by atoms with Crippen molar-refractivity contribution in [2.75, 3.05) is 26.9 Å². The van der Waals surface area contributed by atoms with Crippen LogP contribution in [0.3, 0.4) is 0 Å². The van der Waals surface area contributed by atoms with Gasteiger partial charge in [-0.15, -0.1) is 24.0 Å². The lowest BCUT2D eigenvalue weighted by atomic mass is 10.2. The summed E-state index contributed by atoms with van der Waals surface area (Å²) in [5, 5.41) is 7.47. The summed E-state index contributed by atoms with van der Waals surface area (Å²) in [6.45, 7) is 3.11. The second kappa shape index (κ2) is 11.5. The summed E-state index contributed by atoms with van der Waals surface area (Å²) in [6.07, 6.45) is 5.66. The first kappa shape index (κ1) is 24.5. The molecule has 1 fully saturated rings. The minimum atomic E-state index is -3.48. The minimum Gasteiger partial charge on any atom is -0.357 e. The summed E-state index contributed by atoms with van der Waals surface area (Å²) in [5.74, 6) is 0.747. The van der Waals surface area contributed by atoms with Gasteiger partial charge in [-0.1, -0.05) is 18.2 Å². The van der Waals surface area contributed by atoms with E-state index < -0.39 is 10.0 Å². The zero-order valence-electron chi connectivity index (χ0n) is 16.4. The Morgan fingerprint density at radius 1 is 1.30 bits per heavy atom. The van der Waals surface area contributed by atoms with Crippen molar-refractivity contribution >= 4 is 51.7 Å². The van der Waals surface area contributed by atoms with Crippen LogP contribution in [0.4, 0.5) is 0 Å². The number of nitrogens with zero attached hydrogens (tertiary/aromatic N) is 2. The molecule has 0 heterocycles. The van der Waals surface area contributed by atoms with E-state index >= 15 is 0 Å². The molecule has 0 radical (unpaired) electrons. The van der Waals surface area contributed by atoms with E-state index in [0.29, 0.717) is 28.3 Å². The fourth-order valence-electron chi connectivity index (χ4n) is 3.05. The van der Waals surface area contributed by atoms with Crippen LogP contribution in [0.5, 0.6) is 0 Å². The molecule has 2 N–H and O–H groups in total. The third-order valence-corrected chi connectivity index (χ3v) is 7.55. The van der Waals surface area contributed by atoms with Crippen molar-refractivity contribution in [3.8, 4) is 0 Å². The highest BCUT2D eigenvalue weighted by Crippen LogP contribution is 2.28. The van der Waals surface area contributed by atoms with Crippen molar-refractivity contribution in [2.24, 2.45) is 4.99 Å². The van der Waals surface area contributed by atoms with Crippen molar-refractivity contribution in [1.29, 1.82) is 0 Å². The van der Waals surface area contributed by atoms with Crippen LogP contribution in [0, 0.1) is 0 Å². The van der Waals surface area contributed by atoms with Gasteiger partial charge in [0.2, 0.25) is 10.0 Å². The lowest BCUT2D eigenvalue weighted by Crippen LogP contribution is -2.42. The van der Waals surface area contributed by atoms with E-state index in [1.807, 2.05) is 30.8 Å². The first-order valence-corrected chi connectivity index (χ1v) is 11.7. The molecule has 6 nitrogen and oxygen atoms in total. The van der Waals surface area contributed by atoms with E-state index in [1.54, 1.807) is 26.2 Å². The van der Waals surface area contributed by atoms with Gasteiger partial charge in [-0.25, -0.2) is 17.7 Å². The number of sulfonamides is 1. The topological polar surface area (TPSA) is 73.8 Å². The number of nitrogens with one attached hydrogen (secondary N) is 2. The molecule has 0 saturated heterocycles. The van der Waals surface area contributed by atoms with Crippen LogP contribution in [0.2, 0.25) is 0 Å². The Morgan fingerprint density at radius 3 is 2.59 bits per heavy atom. The van der Waals surface area contributed by atoms with Crippen molar-refractivity contribution in [3.63, 3.8) is 0 Å². The molecule has 2 rings (SSSR count). The summed E-state index contributed by atoms with van der Waals surface area (Å²) >= 11 is 1.92.